The van der Waals surface area contributed by atoms with Crippen molar-refractivity contribution in [2.24, 2.45) is 0 Å². The molecule has 0 rings (SSSR count). The average molecular weight is 310 g/mol. The smallest absolute Gasteiger partial charge is 0.333 e. The van der Waals surface area contributed by atoms with Crippen LogP contribution in [0.1, 0.15) is 13.3 Å². The van der Waals surface area contributed by atoms with E-state index in [4.69, 9.17) is 9.66 Å². The van der Waals surface area contributed by atoms with Crippen LogP contribution in [-0.2, 0) is 34.0 Å². The molecule has 0 saturated heterocycles. The molecule has 0 aromatic rings. The van der Waals surface area contributed by atoms with Crippen molar-refractivity contribution in [3.8, 4) is 0 Å². The summed E-state index contributed by atoms with van der Waals surface area (Å²) in [6, 6.07) is 0. The highest BCUT2D eigenvalue weighted by molar-refractivity contribution is 7.87. The zero-order valence-corrected chi connectivity index (χ0v) is 11.4. The monoisotopic (exact) mass is 310 g/mol. The van der Waals surface area contributed by atoms with Gasteiger partial charge in [0.15, 0.2) is 5.25 Å². The van der Waals surface area contributed by atoms with E-state index in [9.17, 15) is 22.8 Å². The van der Waals surface area contributed by atoms with E-state index >= 15 is 0 Å². The zero-order chi connectivity index (χ0) is 15.9. The number of carboxylic acid groups (broad SMARTS) is 1. The summed E-state index contributed by atoms with van der Waals surface area (Å²) in [5, 5.41) is 6.24. The summed E-state index contributed by atoms with van der Waals surface area (Å²) in [5.41, 5.74) is 0.147. The van der Waals surface area contributed by atoms with Crippen LogP contribution >= 0.6 is 0 Å². The van der Waals surface area contributed by atoms with E-state index in [2.05, 4.69) is 16.1 Å². The average Bonchev–Trinajstić information content (AvgIpc) is 2.29. The molecule has 10 heteroatoms. The minimum absolute atomic E-state index is 0.147. The third-order valence-corrected chi connectivity index (χ3v) is 3.00. The van der Waals surface area contributed by atoms with Gasteiger partial charge in [0.05, 0.1) is 6.42 Å². The van der Waals surface area contributed by atoms with Crippen LogP contribution in [-0.4, -0.2) is 54.4 Å². The van der Waals surface area contributed by atoms with Crippen molar-refractivity contribution in [3.63, 3.8) is 0 Å². The van der Waals surface area contributed by atoms with Gasteiger partial charge in [0.1, 0.15) is 13.2 Å². The van der Waals surface area contributed by atoms with Crippen LogP contribution in [0.3, 0.4) is 0 Å². The van der Waals surface area contributed by atoms with Crippen LogP contribution in [0.25, 0.3) is 0 Å². The Morgan fingerprint density at radius 3 is 2.10 bits per heavy atom. The lowest BCUT2D eigenvalue weighted by Crippen LogP contribution is -2.33. The summed E-state index contributed by atoms with van der Waals surface area (Å²) in [7, 11) is -4.91. The Morgan fingerprint density at radius 1 is 1.20 bits per heavy atom. The number of esters is 2. The van der Waals surface area contributed by atoms with E-state index in [1.54, 1.807) is 0 Å². The molecule has 0 aliphatic heterocycles. The quantitative estimate of drug-likeness (QED) is 0.259. The van der Waals surface area contributed by atoms with Crippen molar-refractivity contribution >= 4 is 28.0 Å². The van der Waals surface area contributed by atoms with Crippen LogP contribution in [0.5, 0.6) is 0 Å². The second kappa shape index (κ2) is 7.60. The number of ether oxygens (including phenoxy) is 2. The van der Waals surface area contributed by atoms with Gasteiger partial charge in [0.2, 0.25) is 0 Å². The van der Waals surface area contributed by atoms with Crippen LogP contribution in [0.2, 0.25) is 0 Å². The maximum absolute atomic E-state index is 11.2. The second-order valence-corrected chi connectivity index (χ2v) is 5.28. The maximum Gasteiger partial charge on any atom is 0.333 e. The van der Waals surface area contributed by atoms with Crippen molar-refractivity contribution < 1.29 is 41.9 Å². The maximum atomic E-state index is 11.2. The molecule has 1 atom stereocenters. The lowest BCUT2D eigenvalue weighted by atomic mass is 10.3. The van der Waals surface area contributed by atoms with Gasteiger partial charge in [0.25, 0.3) is 10.1 Å². The molecular weight excluding hydrogens is 296 g/mol. The number of carbonyl (C=O) groups is 3. The van der Waals surface area contributed by atoms with Crippen molar-refractivity contribution in [1.29, 1.82) is 0 Å². The van der Waals surface area contributed by atoms with Gasteiger partial charge in [0, 0.05) is 5.57 Å². The fourth-order valence-corrected chi connectivity index (χ4v) is 1.54. The van der Waals surface area contributed by atoms with Crippen LogP contribution in [0.15, 0.2) is 12.2 Å². The van der Waals surface area contributed by atoms with Gasteiger partial charge in [-0.2, -0.15) is 8.42 Å². The number of carbonyl (C=O) groups excluding carboxylic acids is 2. The topological polar surface area (TPSA) is 144 Å². The molecule has 0 aliphatic rings. The van der Waals surface area contributed by atoms with E-state index in [1.165, 1.54) is 6.92 Å². The SMILES string of the molecule is C=C(C)C(=O)OCCOC(=O)CC(C(=O)O)S(=O)(=O)O. The first kappa shape index (κ1) is 18.1. The summed E-state index contributed by atoms with van der Waals surface area (Å²) in [5.74, 6) is -3.73. The first-order valence-corrected chi connectivity index (χ1v) is 6.73. The molecule has 0 saturated carbocycles. The van der Waals surface area contributed by atoms with E-state index in [0.717, 1.165) is 0 Å². The number of carboxylic acids is 1. The third-order valence-electron chi connectivity index (χ3n) is 1.92. The Bertz CT molecular complexity index is 505. The van der Waals surface area contributed by atoms with Gasteiger partial charge in [-0.1, -0.05) is 6.58 Å². The first-order valence-electron chi connectivity index (χ1n) is 5.23. The summed E-state index contributed by atoms with van der Waals surface area (Å²) in [6.07, 6.45) is -1.05. The van der Waals surface area contributed by atoms with Crippen LogP contribution in [0.4, 0.5) is 0 Å². The molecule has 9 nitrogen and oxygen atoms in total. The molecule has 0 radical (unpaired) electrons. The Kier molecular flexibility index (Phi) is 6.86. The van der Waals surface area contributed by atoms with Crippen molar-refractivity contribution in [2.45, 2.75) is 18.6 Å². The summed E-state index contributed by atoms with van der Waals surface area (Å²) >= 11 is 0. The molecule has 0 bridgehead atoms. The molecule has 114 valence electrons. The van der Waals surface area contributed by atoms with Gasteiger partial charge in [-0.05, 0) is 6.92 Å². The lowest BCUT2D eigenvalue weighted by molar-refractivity contribution is -0.151. The molecule has 0 fully saturated rings. The molecule has 0 amide bonds. The Labute approximate surface area is 114 Å². The summed E-state index contributed by atoms with van der Waals surface area (Å²) in [4.78, 5) is 32.6. The molecule has 0 spiro atoms. The third kappa shape index (κ3) is 6.85. The molecular formula is C10H14O9S. The van der Waals surface area contributed by atoms with E-state index in [0.29, 0.717) is 0 Å². The highest BCUT2D eigenvalue weighted by atomic mass is 32.2. The van der Waals surface area contributed by atoms with Crippen LogP contribution in [0, 0.1) is 0 Å². The predicted octanol–water partition coefficient (Wildman–Crippen LogP) is -0.620. The van der Waals surface area contributed by atoms with E-state index in [-0.39, 0.29) is 18.8 Å². The van der Waals surface area contributed by atoms with E-state index in [1.807, 2.05) is 0 Å². The van der Waals surface area contributed by atoms with Gasteiger partial charge >= 0.3 is 17.9 Å². The van der Waals surface area contributed by atoms with Crippen molar-refractivity contribution in [2.75, 3.05) is 13.2 Å². The number of hydrogen-bond donors (Lipinski definition) is 2. The Balaban J connectivity index is 4.20. The van der Waals surface area contributed by atoms with Crippen molar-refractivity contribution in [1.82, 2.24) is 0 Å². The fraction of sp³-hybridized carbons (Fsp3) is 0.500. The molecule has 0 heterocycles. The summed E-state index contributed by atoms with van der Waals surface area (Å²) in [6.45, 7) is 4.06. The van der Waals surface area contributed by atoms with Crippen LogP contribution < -0.4 is 0 Å². The normalized spacial score (nSPS) is 12.3. The second-order valence-electron chi connectivity index (χ2n) is 3.68. The number of aliphatic carboxylic acids is 1. The molecule has 0 aliphatic carbocycles. The molecule has 0 aromatic heterocycles. The minimum Gasteiger partial charge on any atom is -0.480 e. The molecule has 1 unspecified atom stereocenters. The predicted molar refractivity (Wildman–Crippen MR) is 64.3 cm³/mol. The largest absolute Gasteiger partial charge is 0.480 e. The first-order chi connectivity index (χ1) is 9.05. The zero-order valence-electron chi connectivity index (χ0n) is 10.6. The van der Waals surface area contributed by atoms with Crippen molar-refractivity contribution in [3.05, 3.63) is 12.2 Å². The standard InChI is InChI=1S/C10H14O9S/c1-6(2)10(14)19-4-3-18-8(11)5-7(9(12)13)20(15,16)17/h7H,1,3-5H2,2H3,(H,12,13)(H,15,16,17). The molecule has 2 N–H and O–H groups in total. The summed E-state index contributed by atoms with van der Waals surface area (Å²) < 4.78 is 39.0. The Morgan fingerprint density at radius 2 is 1.70 bits per heavy atom. The Hall–Kier alpha value is -1.94. The highest BCUT2D eigenvalue weighted by Crippen LogP contribution is 2.06. The van der Waals surface area contributed by atoms with Gasteiger partial charge in [-0.25, -0.2) is 4.79 Å². The van der Waals surface area contributed by atoms with Gasteiger partial charge in [-0.3, -0.25) is 14.1 Å². The van der Waals surface area contributed by atoms with Gasteiger partial charge < -0.3 is 14.6 Å². The number of hydrogen-bond acceptors (Lipinski definition) is 7. The molecule has 20 heavy (non-hydrogen) atoms. The molecule has 0 aromatic carbocycles. The lowest BCUT2D eigenvalue weighted by Gasteiger charge is -2.09. The van der Waals surface area contributed by atoms with Gasteiger partial charge in [-0.15, -0.1) is 0 Å². The highest BCUT2D eigenvalue weighted by Gasteiger charge is 2.33. The fourth-order valence-electron chi connectivity index (χ4n) is 0.943. The number of rotatable bonds is 8. The minimum atomic E-state index is -4.91. The van der Waals surface area contributed by atoms with E-state index < -0.39 is 39.7 Å².